The van der Waals surface area contributed by atoms with Crippen LogP contribution in [0.3, 0.4) is 0 Å². The van der Waals surface area contributed by atoms with Crippen molar-refractivity contribution in [1.82, 2.24) is 15.3 Å². The average Bonchev–Trinajstić information content (AvgIpc) is 3.57. The van der Waals surface area contributed by atoms with Crippen LogP contribution in [0.4, 0.5) is 5.69 Å². The van der Waals surface area contributed by atoms with Crippen molar-refractivity contribution in [2.75, 3.05) is 18.5 Å². The zero-order chi connectivity index (χ0) is 22.8. The predicted octanol–water partition coefficient (Wildman–Crippen LogP) is 4.54. The Morgan fingerprint density at radius 1 is 1.27 bits per heavy atom. The van der Waals surface area contributed by atoms with E-state index in [4.69, 9.17) is 4.74 Å². The van der Waals surface area contributed by atoms with Crippen LogP contribution in [-0.2, 0) is 11.3 Å². The Morgan fingerprint density at radius 2 is 2.15 bits per heavy atom. The van der Waals surface area contributed by atoms with Gasteiger partial charge in [0, 0.05) is 39.5 Å². The van der Waals surface area contributed by atoms with Gasteiger partial charge in [0.15, 0.2) is 0 Å². The second-order valence-electron chi connectivity index (χ2n) is 8.00. The monoisotopic (exact) mass is 480 g/mol. The molecule has 1 fully saturated rings. The van der Waals surface area contributed by atoms with Gasteiger partial charge in [0.05, 0.1) is 23.6 Å². The smallest absolute Gasteiger partial charge is 0.260 e. The van der Waals surface area contributed by atoms with Crippen LogP contribution in [0, 0.1) is 6.92 Å². The van der Waals surface area contributed by atoms with Crippen molar-refractivity contribution in [3.63, 3.8) is 0 Å². The zero-order valence-electron chi connectivity index (χ0n) is 18.1. The Bertz CT molecular complexity index is 1350. The van der Waals surface area contributed by atoms with Crippen molar-refractivity contribution < 1.29 is 9.53 Å². The van der Waals surface area contributed by atoms with Gasteiger partial charge in [0.25, 0.3) is 11.5 Å². The Morgan fingerprint density at radius 3 is 2.94 bits per heavy atom. The Hall–Kier alpha value is -3.01. The molecule has 1 amide bonds. The van der Waals surface area contributed by atoms with Crippen LogP contribution < -0.4 is 16.2 Å². The molecule has 7 nitrogen and oxygen atoms in total. The van der Waals surface area contributed by atoms with Crippen LogP contribution in [0.1, 0.15) is 33.9 Å². The molecule has 4 aromatic rings. The summed E-state index contributed by atoms with van der Waals surface area (Å²) < 4.78 is 5.58. The van der Waals surface area contributed by atoms with E-state index in [1.165, 1.54) is 16.2 Å². The number of hydrogen-bond donors (Lipinski definition) is 3. The van der Waals surface area contributed by atoms with Gasteiger partial charge < -0.3 is 20.4 Å². The molecule has 170 valence electrons. The number of ether oxygens (including phenoxy) is 1. The molecular formula is C24H24N4O3S2. The van der Waals surface area contributed by atoms with E-state index in [1.807, 2.05) is 29.6 Å². The highest BCUT2D eigenvalue weighted by atomic mass is 32.1. The summed E-state index contributed by atoms with van der Waals surface area (Å²) in [4.78, 5) is 36.1. The number of aromatic nitrogens is 2. The summed E-state index contributed by atoms with van der Waals surface area (Å²) in [7, 11) is 0. The molecule has 1 aliphatic rings. The van der Waals surface area contributed by atoms with Gasteiger partial charge in [-0.1, -0.05) is 12.1 Å². The summed E-state index contributed by atoms with van der Waals surface area (Å²) in [5, 5.41) is 8.83. The number of nitrogens with zero attached hydrogens (tertiary/aromatic N) is 1. The fourth-order valence-electron chi connectivity index (χ4n) is 3.96. The first-order valence-electron chi connectivity index (χ1n) is 10.9. The van der Waals surface area contributed by atoms with Crippen molar-refractivity contribution in [1.29, 1.82) is 0 Å². The fraction of sp³-hybridized carbons (Fsp3) is 0.292. The largest absolute Gasteiger partial charge is 0.377 e. The molecule has 9 heteroatoms. The fourth-order valence-corrected chi connectivity index (χ4v) is 5.88. The van der Waals surface area contributed by atoms with Crippen LogP contribution >= 0.6 is 22.7 Å². The lowest BCUT2D eigenvalue weighted by atomic mass is 10.1. The number of amides is 1. The van der Waals surface area contributed by atoms with Crippen LogP contribution in [0.2, 0.25) is 0 Å². The summed E-state index contributed by atoms with van der Waals surface area (Å²) in [6.07, 6.45) is 2.09. The first-order chi connectivity index (χ1) is 16.1. The summed E-state index contributed by atoms with van der Waals surface area (Å²) >= 11 is 3.13. The lowest BCUT2D eigenvalue weighted by Crippen LogP contribution is -2.32. The SMILES string of the molecule is Cc1ccc(-c2csc3nc(CNc4ccccc4C(=O)NC[C@H]4CCCO4)[nH]c(=O)c23)s1. The molecule has 3 N–H and O–H groups in total. The number of benzene rings is 1. The van der Waals surface area contributed by atoms with E-state index in [9.17, 15) is 9.59 Å². The number of hydrogen-bond acceptors (Lipinski definition) is 7. The second kappa shape index (κ2) is 9.46. The first-order valence-corrected chi connectivity index (χ1v) is 12.6. The van der Waals surface area contributed by atoms with Gasteiger partial charge in [0.1, 0.15) is 10.7 Å². The molecule has 3 aromatic heterocycles. The second-order valence-corrected chi connectivity index (χ2v) is 10.1. The number of para-hydroxylation sites is 1. The van der Waals surface area contributed by atoms with Gasteiger partial charge in [-0.3, -0.25) is 9.59 Å². The van der Waals surface area contributed by atoms with Crippen LogP contribution in [0.25, 0.3) is 20.7 Å². The summed E-state index contributed by atoms with van der Waals surface area (Å²) in [6, 6.07) is 11.4. The molecular weight excluding hydrogens is 456 g/mol. The highest BCUT2D eigenvalue weighted by Crippen LogP contribution is 2.35. The van der Waals surface area contributed by atoms with Crippen molar-refractivity contribution >= 4 is 44.5 Å². The number of fused-ring (bicyclic) bond motifs is 1. The van der Waals surface area contributed by atoms with E-state index < -0.39 is 0 Å². The molecule has 1 atom stereocenters. The molecule has 1 aromatic carbocycles. The maximum Gasteiger partial charge on any atom is 0.260 e. The lowest BCUT2D eigenvalue weighted by Gasteiger charge is -2.14. The average molecular weight is 481 g/mol. The topological polar surface area (TPSA) is 96.1 Å². The predicted molar refractivity (Wildman–Crippen MR) is 133 cm³/mol. The number of carbonyl (C=O) groups is 1. The molecule has 0 saturated carbocycles. The van der Waals surface area contributed by atoms with Gasteiger partial charge in [-0.05, 0) is 44.0 Å². The number of nitrogens with one attached hydrogen (secondary N) is 3. The summed E-state index contributed by atoms with van der Waals surface area (Å²) in [6.45, 7) is 3.61. The highest BCUT2D eigenvalue weighted by Gasteiger charge is 2.18. The zero-order valence-corrected chi connectivity index (χ0v) is 19.8. The molecule has 1 saturated heterocycles. The number of thiophene rings is 2. The van der Waals surface area contributed by atoms with Crippen LogP contribution in [0.15, 0.2) is 46.6 Å². The number of H-pyrrole nitrogens is 1. The molecule has 0 bridgehead atoms. The van der Waals surface area contributed by atoms with Gasteiger partial charge in [-0.15, -0.1) is 22.7 Å². The molecule has 0 spiro atoms. The molecule has 0 unspecified atom stereocenters. The third-order valence-corrected chi connectivity index (χ3v) is 7.54. The van der Waals surface area contributed by atoms with Crippen molar-refractivity contribution in [2.45, 2.75) is 32.4 Å². The summed E-state index contributed by atoms with van der Waals surface area (Å²) in [5.74, 6) is 0.373. The maximum atomic E-state index is 12.9. The van der Waals surface area contributed by atoms with Gasteiger partial charge >= 0.3 is 0 Å². The van der Waals surface area contributed by atoms with Gasteiger partial charge in [0.2, 0.25) is 0 Å². The van der Waals surface area contributed by atoms with E-state index in [2.05, 4.69) is 33.6 Å². The molecule has 33 heavy (non-hydrogen) atoms. The Balaban J connectivity index is 1.32. The number of rotatable bonds is 7. The maximum absolute atomic E-state index is 12.9. The van der Waals surface area contributed by atoms with Gasteiger partial charge in [-0.2, -0.15) is 0 Å². The summed E-state index contributed by atoms with van der Waals surface area (Å²) in [5.41, 5.74) is 2.01. The molecule has 0 aliphatic carbocycles. The molecule has 0 radical (unpaired) electrons. The molecule has 4 heterocycles. The molecule has 1 aliphatic heterocycles. The quantitative estimate of drug-likeness (QED) is 0.361. The van der Waals surface area contributed by atoms with E-state index in [0.717, 1.165) is 29.9 Å². The first kappa shape index (κ1) is 21.8. The number of carbonyl (C=O) groups excluding carboxylic acids is 1. The number of aryl methyl sites for hydroxylation is 1. The highest BCUT2D eigenvalue weighted by molar-refractivity contribution is 7.19. The van der Waals surface area contributed by atoms with E-state index >= 15 is 0 Å². The third-order valence-electron chi connectivity index (χ3n) is 5.63. The number of anilines is 1. The van der Waals surface area contributed by atoms with E-state index in [1.54, 1.807) is 17.4 Å². The standard InChI is InChI=1S/C24H24N4O3S2/c1-14-8-9-19(33-14)17-13-32-24-21(17)23(30)27-20(28-24)12-25-18-7-3-2-6-16(18)22(29)26-11-15-5-4-10-31-15/h2-3,6-9,13,15,25H,4-5,10-12H2,1H3,(H,26,29)(H,27,28,30)/t15-/m1/s1. The van der Waals surface area contributed by atoms with E-state index in [0.29, 0.717) is 40.4 Å². The minimum absolute atomic E-state index is 0.0869. The van der Waals surface area contributed by atoms with Crippen molar-refractivity contribution in [3.05, 3.63) is 68.4 Å². The van der Waals surface area contributed by atoms with E-state index in [-0.39, 0.29) is 17.6 Å². The Kier molecular flexibility index (Phi) is 6.26. The third kappa shape index (κ3) is 4.71. The molecule has 5 rings (SSSR count). The minimum Gasteiger partial charge on any atom is -0.377 e. The normalized spacial score (nSPS) is 15.7. The number of aromatic amines is 1. The van der Waals surface area contributed by atoms with Crippen LogP contribution in [0.5, 0.6) is 0 Å². The van der Waals surface area contributed by atoms with Gasteiger partial charge in [-0.25, -0.2) is 4.98 Å². The van der Waals surface area contributed by atoms with Crippen molar-refractivity contribution in [2.24, 2.45) is 0 Å². The Labute approximate surface area is 198 Å². The van der Waals surface area contributed by atoms with Crippen molar-refractivity contribution in [3.8, 4) is 10.4 Å². The lowest BCUT2D eigenvalue weighted by molar-refractivity contribution is 0.0858. The minimum atomic E-state index is -0.153. The van der Waals surface area contributed by atoms with Crippen LogP contribution in [-0.4, -0.2) is 35.1 Å².